The predicted molar refractivity (Wildman–Crippen MR) is 79.6 cm³/mol. The largest absolute Gasteiger partial charge is 0.382 e. The molecule has 18 heavy (non-hydrogen) atoms. The van der Waals surface area contributed by atoms with Crippen LogP contribution in [0.3, 0.4) is 0 Å². The molecular formula is C14H20ClNOS. The Morgan fingerprint density at radius 3 is 2.83 bits per heavy atom. The quantitative estimate of drug-likeness (QED) is 0.911. The van der Waals surface area contributed by atoms with E-state index in [4.69, 9.17) is 11.6 Å². The molecule has 1 aromatic rings. The van der Waals surface area contributed by atoms with E-state index >= 15 is 0 Å². The van der Waals surface area contributed by atoms with Gasteiger partial charge in [-0.3, -0.25) is 4.21 Å². The third-order valence-corrected chi connectivity index (χ3v) is 4.56. The van der Waals surface area contributed by atoms with E-state index in [0.29, 0.717) is 16.8 Å². The summed E-state index contributed by atoms with van der Waals surface area (Å²) in [5.41, 5.74) is 2.06. The standard InChI is InChI=1S/C14H20ClNOS/c1-10-3-4-12(7-10)16-13-5-6-14(15)11(8-13)9-18(2)17/h5-6,8,10,12,16H,3-4,7,9H2,1-2H3/t10-,12-,18+/m1/s1. The molecule has 0 spiro atoms. The number of hydrogen-bond acceptors (Lipinski definition) is 2. The van der Waals surface area contributed by atoms with E-state index in [1.54, 1.807) is 6.26 Å². The number of halogens is 1. The van der Waals surface area contributed by atoms with Gasteiger partial charge in [-0.15, -0.1) is 0 Å². The lowest BCUT2D eigenvalue weighted by atomic mass is 10.1. The number of anilines is 1. The van der Waals surface area contributed by atoms with Crippen molar-refractivity contribution in [2.75, 3.05) is 11.6 Å². The summed E-state index contributed by atoms with van der Waals surface area (Å²) in [6.45, 7) is 2.30. The normalized spacial score (nSPS) is 25.1. The van der Waals surface area contributed by atoms with Gasteiger partial charge >= 0.3 is 0 Å². The zero-order valence-electron chi connectivity index (χ0n) is 10.9. The molecule has 0 heterocycles. The Balaban J connectivity index is 2.07. The minimum atomic E-state index is -0.857. The SMILES string of the molecule is C[C@@H]1CC[C@@H](Nc2ccc(Cl)c(C[S@](C)=O)c2)C1. The van der Waals surface area contributed by atoms with Gasteiger partial charge in [-0.2, -0.15) is 0 Å². The zero-order chi connectivity index (χ0) is 13.1. The topological polar surface area (TPSA) is 29.1 Å². The Hall–Kier alpha value is -0.540. The molecule has 1 saturated carbocycles. The summed E-state index contributed by atoms with van der Waals surface area (Å²) >= 11 is 6.12. The molecule has 0 aromatic heterocycles. The highest BCUT2D eigenvalue weighted by molar-refractivity contribution is 7.83. The van der Waals surface area contributed by atoms with E-state index < -0.39 is 10.8 Å². The van der Waals surface area contributed by atoms with Gasteiger partial charge in [0.2, 0.25) is 0 Å². The van der Waals surface area contributed by atoms with Gasteiger partial charge in [0.05, 0.1) is 0 Å². The van der Waals surface area contributed by atoms with Crippen LogP contribution in [0.15, 0.2) is 18.2 Å². The smallest absolute Gasteiger partial charge is 0.0498 e. The average molecular weight is 286 g/mol. The minimum absolute atomic E-state index is 0.523. The van der Waals surface area contributed by atoms with Crippen molar-refractivity contribution in [1.29, 1.82) is 0 Å². The van der Waals surface area contributed by atoms with Gasteiger partial charge in [0.15, 0.2) is 0 Å². The molecule has 100 valence electrons. The lowest BCUT2D eigenvalue weighted by Gasteiger charge is -2.15. The van der Waals surface area contributed by atoms with Crippen LogP contribution in [0.5, 0.6) is 0 Å². The maximum absolute atomic E-state index is 11.3. The van der Waals surface area contributed by atoms with Crippen LogP contribution in [0.4, 0.5) is 5.69 Å². The Kier molecular flexibility index (Phi) is 4.68. The highest BCUT2D eigenvalue weighted by atomic mass is 35.5. The summed E-state index contributed by atoms with van der Waals surface area (Å²) in [7, 11) is -0.857. The molecule has 1 fully saturated rings. The zero-order valence-corrected chi connectivity index (χ0v) is 12.5. The molecule has 0 amide bonds. The minimum Gasteiger partial charge on any atom is -0.382 e. The van der Waals surface area contributed by atoms with E-state index in [1.165, 1.54) is 19.3 Å². The predicted octanol–water partition coefficient (Wildman–Crippen LogP) is 3.82. The van der Waals surface area contributed by atoms with Crippen LogP contribution in [0.25, 0.3) is 0 Å². The van der Waals surface area contributed by atoms with Crippen LogP contribution in [-0.2, 0) is 16.6 Å². The van der Waals surface area contributed by atoms with Crippen LogP contribution in [0.2, 0.25) is 5.02 Å². The summed E-state index contributed by atoms with van der Waals surface area (Å²) in [6, 6.07) is 6.51. The Labute approximate surface area is 117 Å². The van der Waals surface area contributed by atoms with Gasteiger partial charge in [-0.05, 0) is 48.9 Å². The first-order valence-electron chi connectivity index (χ1n) is 6.39. The highest BCUT2D eigenvalue weighted by Crippen LogP contribution is 2.29. The van der Waals surface area contributed by atoms with E-state index in [2.05, 4.69) is 12.2 Å². The first kappa shape index (κ1) is 13.9. The maximum Gasteiger partial charge on any atom is 0.0498 e. The molecule has 3 atom stereocenters. The van der Waals surface area contributed by atoms with Gasteiger partial charge in [-0.1, -0.05) is 18.5 Å². The van der Waals surface area contributed by atoms with Crippen LogP contribution in [-0.4, -0.2) is 16.5 Å². The third kappa shape index (κ3) is 3.72. The summed E-state index contributed by atoms with van der Waals surface area (Å²) in [5.74, 6) is 1.34. The summed E-state index contributed by atoms with van der Waals surface area (Å²) in [4.78, 5) is 0. The molecule has 0 aliphatic heterocycles. The third-order valence-electron chi connectivity index (χ3n) is 3.47. The average Bonchev–Trinajstić information content (AvgIpc) is 2.68. The lowest BCUT2D eigenvalue weighted by molar-refractivity contribution is 0.602. The second kappa shape index (κ2) is 6.07. The van der Waals surface area contributed by atoms with E-state index in [9.17, 15) is 4.21 Å². The molecule has 1 aliphatic carbocycles. The Morgan fingerprint density at radius 1 is 1.44 bits per heavy atom. The molecule has 4 heteroatoms. The molecule has 0 saturated heterocycles. The van der Waals surface area contributed by atoms with Crippen molar-refractivity contribution in [1.82, 2.24) is 0 Å². The van der Waals surface area contributed by atoms with E-state index in [1.807, 2.05) is 18.2 Å². The van der Waals surface area contributed by atoms with Crippen LogP contribution < -0.4 is 5.32 Å². The van der Waals surface area contributed by atoms with Crippen molar-refractivity contribution in [3.63, 3.8) is 0 Å². The van der Waals surface area contributed by atoms with Crippen LogP contribution in [0, 0.1) is 5.92 Å². The lowest BCUT2D eigenvalue weighted by Crippen LogP contribution is -2.15. The van der Waals surface area contributed by atoms with Gasteiger partial charge in [0.25, 0.3) is 0 Å². The summed E-state index contributed by atoms with van der Waals surface area (Å²) in [5, 5.41) is 4.26. The van der Waals surface area contributed by atoms with Crippen molar-refractivity contribution in [2.24, 2.45) is 5.92 Å². The molecule has 0 bridgehead atoms. The molecule has 2 rings (SSSR count). The molecule has 0 radical (unpaired) electrons. The molecular weight excluding hydrogens is 266 g/mol. The second-order valence-corrected chi connectivity index (χ2v) is 7.13. The Morgan fingerprint density at radius 2 is 2.22 bits per heavy atom. The fourth-order valence-electron chi connectivity index (χ4n) is 2.57. The highest BCUT2D eigenvalue weighted by Gasteiger charge is 2.21. The van der Waals surface area contributed by atoms with Gasteiger partial charge < -0.3 is 5.32 Å². The second-order valence-electron chi connectivity index (χ2n) is 5.28. The van der Waals surface area contributed by atoms with Crippen molar-refractivity contribution in [3.8, 4) is 0 Å². The number of nitrogens with one attached hydrogen (secondary N) is 1. The van der Waals surface area contributed by atoms with Crippen molar-refractivity contribution in [3.05, 3.63) is 28.8 Å². The van der Waals surface area contributed by atoms with Crippen molar-refractivity contribution >= 4 is 28.1 Å². The van der Waals surface area contributed by atoms with E-state index in [-0.39, 0.29) is 0 Å². The first-order chi connectivity index (χ1) is 8.54. The summed E-state index contributed by atoms with van der Waals surface area (Å²) in [6.07, 6.45) is 5.47. The van der Waals surface area contributed by atoms with Crippen molar-refractivity contribution < 1.29 is 4.21 Å². The monoisotopic (exact) mass is 285 g/mol. The van der Waals surface area contributed by atoms with Gasteiger partial charge in [-0.25, -0.2) is 0 Å². The van der Waals surface area contributed by atoms with Crippen molar-refractivity contribution in [2.45, 2.75) is 38.0 Å². The molecule has 0 unspecified atom stereocenters. The number of hydrogen-bond donors (Lipinski definition) is 1. The van der Waals surface area contributed by atoms with Crippen LogP contribution >= 0.6 is 11.6 Å². The first-order valence-corrected chi connectivity index (χ1v) is 8.50. The fraction of sp³-hybridized carbons (Fsp3) is 0.571. The number of benzene rings is 1. The molecule has 1 aliphatic rings. The van der Waals surface area contributed by atoms with Gasteiger partial charge in [0.1, 0.15) is 0 Å². The van der Waals surface area contributed by atoms with Crippen LogP contribution in [0.1, 0.15) is 31.7 Å². The summed E-state index contributed by atoms with van der Waals surface area (Å²) < 4.78 is 11.3. The molecule has 2 nitrogen and oxygen atoms in total. The Bertz CT molecular complexity index is 449. The van der Waals surface area contributed by atoms with E-state index in [0.717, 1.165) is 17.2 Å². The molecule has 1 N–H and O–H groups in total. The fourth-order valence-corrected chi connectivity index (χ4v) is 3.51. The number of rotatable bonds is 4. The van der Waals surface area contributed by atoms with Gasteiger partial charge in [0, 0.05) is 39.6 Å². The maximum atomic E-state index is 11.3. The molecule has 1 aromatic carbocycles.